The molecule has 102 valence electrons. The fourth-order valence-corrected chi connectivity index (χ4v) is 3.21. The number of fused-ring (bicyclic) bond motifs is 2. The van der Waals surface area contributed by atoms with Gasteiger partial charge in [0.25, 0.3) is 5.56 Å². The molecule has 1 N–H and O–H groups in total. The van der Waals surface area contributed by atoms with Gasteiger partial charge >= 0.3 is 5.69 Å². The van der Waals surface area contributed by atoms with Gasteiger partial charge < -0.3 is 4.98 Å². The van der Waals surface area contributed by atoms with Crippen molar-refractivity contribution in [1.29, 1.82) is 0 Å². The van der Waals surface area contributed by atoms with Gasteiger partial charge in [-0.2, -0.15) is 0 Å². The van der Waals surface area contributed by atoms with Crippen molar-refractivity contribution in [2.24, 2.45) is 0 Å². The Morgan fingerprint density at radius 1 is 1.10 bits per heavy atom. The Bertz CT molecular complexity index is 1090. The summed E-state index contributed by atoms with van der Waals surface area (Å²) in [6.45, 7) is 0. The third-order valence-corrected chi connectivity index (χ3v) is 4.30. The number of nitrogens with one attached hydrogen (secondary N) is 1. The molecule has 0 aliphatic carbocycles. The molecule has 1 aromatic carbocycles. The van der Waals surface area contributed by atoms with Crippen LogP contribution in [0.2, 0.25) is 0 Å². The van der Waals surface area contributed by atoms with Crippen LogP contribution in [0, 0.1) is 0 Å². The smallest absolute Gasteiger partial charge is 0.306 e. The fourth-order valence-electron chi connectivity index (χ4n) is 2.44. The second-order valence-electron chi connectivity index (χ2n) is 4.61. The maximum atomic E-state index is 12.6. The lowest BCUT2D eigenvalue weighted by atomic mass is 10.1. The number of H-pyrrole nitrogens is 1. The average molecular weight is 295 g/mol. The molecular weight excluding hydrogens is 286 g/mol. The molecule has 0 saturated heterocycles. The molecular formula is C15H9N3O2S. The van der Waals surface area contributed by atoms with E-state index in [1.807, 2.05) is 24.3 Å². The largest absolute Gasteiger partial charge is 0.333 e. The van der Waals surface area contributed by atoms with Crippen LogP contribution in [0.3, 0.4) is 0 Å². The molecule has 5 nitrogen and oxygen atoms in total. The van der Waals surface area contributed by atoms with Crippen molar-refractivity contribution in [2.45, 2.75) is 0 Å². The summed E-state index contributed by atoms with van der Waals surface area (Å²) in [6.07, 6.45) is 3.25. The highest BCUT2D eigenvalue weighted by Crippen LogP contribution is 2.20. The van der Waals surface area contributed by atoms with Crippen LogP contribution in [0.25, 0.3) is 26.7 Å². The van der Waals surface area contributed by atoms with E-state index in [4.69, 9.17) is 0 Å². The number of aromatic amines is 1. The molecule has 3 heterocycles. The summed E-state index contributed by atoms with van der Waals surface area (Å²) in [6, 6.07) is 9.26. The van der Waals surface area contributed by atoms with Gasteiger partial charge in [0.15, 0.2) is 0 Å². The van der Waals surface area contributed by atoms with Gasteiger partial charge in [0.1, 0.15) is 4.70 Å². The highest BCUT2D eigenvalue weighted by Gasteiger charge is 2.12. The number of nitrogens with zero attached hydrogens (tertiary/aromatic N) is 2. The molecule has 0 aliphatic rings. The molecule has 0 bridgehead atoms. The van der Waals surface area contributed by atoms with Crippen molar-refractivity contribution in [3.05, 3.63) is 68.9 Å². The number of thiophene rings is 1. The molecule has 0 spiro atoms. The van der Waals surface area contributed by atoms with E-state index < -0.39 is 5.69 Å². The summed E-state index contributed by atoms with van der Waals surface area (Å²) in [5.41, 5.74) is 0.292. The normalized spacial score (nSPS) is 11.2. The van der Waals surface area contributed by atoms with E-state index in [0.29, 0.717) is 15.9 Å². The molecule has 0 radical (unpaired) electrons. The van der Waals surface area contributed by atoms with Crippen LogP contribution in [-0.2, 0) is 0 Å². The number of hydrogen-bond acceptors (Lipinski definition) is 4. The third-order valence-electron chi connectivity index (χ3n) is 3.40. The van der Waals surface area contributed by atoms with Crippen LogP contribution < -0.4 is 11.2 Å². The zero-order valence-electron chi connectivity index (χ0n) is 10.7. The summed E-state index contributed by atoms with van der Waals surface area (Å²) in [5.74, 6) is 0. The van der Waals surface area contributed by atoms with E-state index in [9.17, 15) is 9.59 Å². The summed E-state index contributed by atoms with van der Waals surface area (Å²) in [4.78, 5) is 31.7. The monoisotopic (exact) mass is 295 g/mol. The lowest BCUT2D eigenvalue weighted by molar-refractivity contribution is 0.905. The molecule has 0 amide bonds. The first kappa shape index (κ1) is 12.0. The number of pyridine rings is 1. The van der Waals surface area contributed by atoms with Crippen LogP contribution in [0.1, 0.15) is 0 Å². The van der Waals surface area contributed by atoms with E-state index >= 15 is 0 Å². The molecule has 21 heavy (non-hydrogen) atoms. The molecule has 0 atom stereocenters. The maximum Gasteiger partial charge on any atom is 0.333 e. The Morgan fingerprint density at radius 3 is 2.86 bits per heavy atom. The number of hydrogen-bond donors (Lipinski definition) is 1. The second-order valence-corrected chi connectivity index (χ2v) is 5.53. The summed E-state index contributed by atoms with van der Waals surface area (Å²) >= 11 is 1.31. The molecule has 3 aromatic heterocycles. The summed E-state index contributed by atoms with van der Waals surface area (Å²) < 4.78 is 1.68. The van der Waals surface area contributed by atoms with Crippen molar-refractivity contribution >= 4 is 32.3 Å². The second kappa shape index (κ2) is 4.39. The zero-order valence-corrected chi connectivity index (χ0v) is 11.6. The zero-order chi connectivity index (χ0) is 14.4. The van der Waals surface area contributed by atoms with Gasteiger partial charge in [-0.15, -0.1) is 11.3 Å². The van der Waals surface area contributed by atoms with Gasteiger partial charge in [-0.05, 0) is 11.4 Å². The summed E-state index contributed by atoms with van der Waals surface area (Å²) in [5, 5.41) is 3.48. The predicted octanol–water partition coefficient (Wildman–Crippen LogP) is 2.29. The molecule has 0 aliphatic heterocycles. The van der Waals surface area contributed by atoms with Crippen molar-refractivity contribution < 1.29 is 0 Å². The quantitative estimate of drug-likeness (QED) is 0.586. The van der Waals surface area contributed by atoms with Crippen LogP contribution in [0.5, 0.6) is 0 Å². The van der Waals surface area contributed by atoms with Crippen molar-refractivity contribution in [3.63, 3.8) is 0 Å². The highest BCUT2D eigenvalue weighted by molar-refractivity contribution is 7.17. The minimum Gasteiger partial charge on any atom is -0.306 e. The number of benzene rings is 1. The highest BCUT2D eigenvalue weighted by atomic mass is 32.1. The molecule has 4 rings (SSSR count). The lowest BCUT2D eigenvalue weighted by Crippen LogP contribution is -2.33. The minimum absolute atomic E-state index is 0.318. The van der Waals surface area contributed by atoms with Crippen molar-refractivity contribution in [1.82, 2.24) is 14.5 Å². The Balaban J connectivity index is 2.19. The van der Waals surface area contributed by atoms with Crippen molar-refractivity contribution in [2.75, 3.05) is 0 Å². The first-order valence-electron chi connectivity index (χ1n) is 6.31. The lowest BCUT2D eigenvalue weighted by Gasteiger charge is -2.07. The first-order chi connectivity index (χ1) is 10.3. The topological polar surface area (TPSA) is 67.8 Å². The van der Waals surface area contributed by atoms with Crippen LogP contribution in [-0.4, -0.2) is 14.5 Å². The molecule has 0 unspecified atom stereocenters. The van der Waals surface area contributed by atoms with E-state index in [-0.39, 0.29) is 5.56 Å². The van der Waals surface area contributed by atoms with Gasteiger partial charge in [-0.25, -0.2) is 9.36 Å². The number of aromatic nitrogens is 3. The van der Waals surface area contributed by atoms with E-state index in [1.54, 1.807) is 23.8 Å². The molecule has 0 fully saturated rings. The summed E-state index contributed by atoms with van der Waals surface area (Å²) in [7, 11) is 0. The van der Waals surface area contributed by atoms with Gasteiger partial charge in [-0.3, -0.25) is 9.78 Å². The van der Waals surface area contributed by atoms with Gasteiger partial charge in [-0.1, -0.05) is 24.3 Å². The van der Waals surface area contributed by atoms with E-state index in [1.165, 1.54) is 11.3 Å². The molecule has 0 saturated carbocycles. The van der Waals surface area contributed by atoms with Crippen LogP contribution in [0.15, 0.2) is 57.7 Å². The third kappa shape index (κ3) is 1.73. The first-order valence-corrected chi connectivity index (χ1v) is 7.19. The molecule has 6 heteroatoms. The molecule has 4 aromatic rings. The Morgan fingerprint density at radius 2 is 1.95 bits per heavy atom. The van der Waals surface area contributed by atoms with E-state index in [2.05, 4.69) is 9.97 Å². The SMILES string of the molecule is O=c1[nH]c2ccsc2c(=O)n1-c1cncc2ccccc12. The Hall–Kier alpha value is -2.73. The van der Waals surface area contributed by atoms with Gasteiger partial charge in [0.05, 0.1) is 17.4 Å². The van der Waals surface area contributed by atoms with Crippen LogP contribution >= 0.6 is 11.3 Å². The maximum absolute atomic E-state index is 12.6. The fraction of sp³-hybridized carbons (Fsp3) is 0. The van der Waals surface area contributed by atoms with Gasteiger partial charge in [0, 0.05) is 17.0 Å². The van der Waals surface area contributed by atoms with E-state index in [0.717, 1.165) is 15.3 Å². The Labute approximate surface area is 122 Å². The Kier molecular flexibility index (Phi) is 2.52. The average Bonchev–Trinajstić information content (AvgIpc) is 2.96. The standard InChI is InChI=1S/C15H9N3O2S/c19-14-13-11(5-6-21-13)17-15(20)18(14)12-8-16-7-9-3-1-2-4-10(9)12/h1-8H,(H,17,20). The number of rotatable bonds is 1. The minimum atomic E-state index is -0.455. The van der Waals surface area contributed by atoms with Crippen LogP contribution in [0.4, 0.5) is 0 Å². The predicted molar refractivity (Wildman–Crippen MR) is 83.3 cm³/mol. The van der Waals surface area contributed by atoms with Crippen molar-refractivity contribution in [3.8, 4) is 5.69 Å². The van der Waals surface area contributed by atoms with Gasteiger partial charge in [0.2, 0.25) is 0 Å².